The lowest BCUT2D eigenvalue weighted by Crippen LogP contribution is -2.36. The van der Waals surface area contributed by atoms with E-state index in [1.54, 1.807) is 18.2 Å². The maximum Gasteiger partial charge on any atom is 0.308 e. The van der Waals surface area contributed by atoms with E-state index in [0.717, 1.165) is 5.57 Å². The van der Waals surface area contributed by atoms with Gasteiger partial charge in [0.05, 0.1) is 18.0 Å². The van der Waals surface area contributed by atoms with E-state index in [1.165, 1.54) is 52.8 Å². The molecule has 0 bridgehead atoms. The molecule has 0 aromatic heterocycles. The number of anilines is 2. The van der Waals surface area contributed by atoms with E-state index in [9.17, 15) is 24.3 Å². The summed E-state index contributed by atoms with van der Waals surface area (Å²) in [7, 11) is 0. The fourth-order valence-corrected chi connectivity index (χ4v) is 2.77. The second kappa shape index (κ2) is 15.9. The zero-order valence-electron chi connectivity index (χ0n) is 23.5. The SMILES string of the molecule is C=C(C)COc1cc(OC(C)=O)ccc1NC(C)=O.CC(=O)Nc1ccc(OC(C)=O)cc1OCC(C)(O)CO. The zero-order chi connectivity index (χ0) is 30.5. The fraction of sp³-hybridized carbons (Fsp3) is 0.357. The van der Waals surface area contributed by atoms with Crippen LogP contribution in [0.5, 0.6) is 23.0 Å². The van der Waals surface area contributed by atoms with Gasteiger partial charge in [-0.25, -0.2) is 0 Å². The smallest absolute Gasteiger partial charge is 0.308 e. The first-order valence-corrected chi connectivity index (χ1v) is 12.0. The first-order valence-electron chi connectivity index (χ1n) is 12.0. The number of carbonyl (C=O) groups is 4. The van der Waals surface area contributed by atoms with Crippen LogP contribution in [-0.4, -0.2) is 59.4 Å². The summed E-state index contributed by atoms with van der Waals surface area (Å²) in [6.45, 7) is 11.9. The van der Waals surface area contributed by atoms with E-state index in [-0.39, 0.29) is 29.9 Å². The average Bonchev–Trinajstić information content (AvgIpc) is 2.83. The molecule has 40 heavy (non-hydrogen) atoms. The van der Waals surface area contributed by atoms with Crippen LogP contribution < -0.4 is 29.6 Å². The van der Waals surface area contributed by atoms with Crippen LogP contribution in [-0.2, 0) is 19.2 Å². The normalized spacial score (nSPS) is 11.5. The van der Waals surface area contributed by atoms with Gasteiger partial charge in [0.25, 0.3) is 0 Å². The molecule has 0 saturated heterocycles. The van der Waals surface area contributed by atoms with Crippen molar-refractivity contribution in [3.05, 3.63) is 48.6 Å². The highest BCUT2D eigenvalue weighted by molar-refractivity contribution is 5.91. The Kier molecular flexibility index (Phi) is 13.3. The number of esters is 2. The molecule has 2 aromatic carbocycles. The van der Waals surface area contributed by atoms with Crippen molar-refractivity contribution in [3.63, 3.8) is 0 Å². The summed E-state index contributed by atoms with van der Waals surface area (Å²) in [6.07, 6.45) is 0. The number of aliphatic hydroxyl groups is 2. The molecule has 0 saturated carbocycles. The Hall–Kier alpha value is -4.42. The Balaban J connectivity index is 0.000000402. The number of hydrogen-bond acceptors (Lipinski definition) is 10. The van der Waals surface area contributed by atoms with Crippen molar-refractivity contribution in [2.24, 2.45) is 0 Å². The minimum absolute atomic E-state index is 0.195. The third-order valence-corrected chi connectivity index (χ3v) is 4.40. The first kappa shape index (κ1) is 33.6. The van der Waals surface area contributed by atoms with Gasteiger partial charge in [-0.05, 0) is 43.7 Å². The summed E-state index contributed by atoms with van der Waals surface area (Å²) in [5, 5.41) is 23.9. The second-order valence-electron chi connectivity index (χ2n) is 9.06. The highest BCUT2D eigenvalue weighted by atomic mass is 16.5. The molecule has 2 amide bonds. The molecule has 12 heteroatoms. The van der Waals surface area contributed by atoms with E-state index in [0.29, 0.717) is 29.5 Å². The standard InChI is InChI=1S/C14H19NO6.C14H17NO4/c1-9(17)15-12-5-4-11(21-10(2)18)6-13(12)20-8-14(3,19)7-16;1-9(2)8-18-14-7-12(19-11(4)17)5-6-13(14)15-10(3)16/h4-6,16,19H,7-8H2,1-3H3,(H,15,17);5-7H,1,8H2,2-4H3,(H,15,16). The molecule has 0 fully saturated rings. The maximum absolute atomic E-state index is 11.1. The van der Waals surface area contributed by atoms with Crippen LogP contribution in [0.1, 0.15) is 41.5 Å². The summed E-state index contributed by atoms with van der Waals surface area (Å²) < 4.78 is 20.8. The van der Waals surface area contributed by atoms with Crippen LogP contribution in [0.25, 0.3) is 0 Å². The van der Waals surface area contributed by atoms with E-state index in [2.05, 4.69) is 17.2 Å². The number of nitrogens with one attached hydrogen (secondary N) is 2. The number of amides is 2. The third-order valence-electron chi connectivity index (χ3n) is 4.40. The van der Waals surface area contributed by atoms with E-state index >= 15 is 0 Å². The number of carbonyl (C=O) groups excluding carboxylic acids is 4. The molecule has 218 valence electrons. The predicted molar refractivity (Wildman–Crippen MR) is 148 cm³/mol. The molecule has 12 nitrogen and oxygen atoms in total. The highest BCUT2D eigenvalue weighted by Crippen LogP contribution is 2.31. The van der Waals surface area contributed by atoms with Crippen LogP contribution in [0.2, 0.25) is 0 Å². The van der Waals surface area contributed by atoms with Crippen LogP contribution in [0.15, 0.2) is 48.6 Å². The molecule has 1 atom stereocenters. The number of aliphatic hydroxyl groups excluding tert-OH is 1. The van der Waals surface area contributed by atoms with Gasteiger partial charge >= 0.3 is 11.9 Å². The summed E-state index contributed by atoms with van der Waals surface area (Å²) in [4.78, 5) is 44.1. The summed E-state index contributed by atoms with van der Waals surface area (Å²) in [5.41, 5.74) is 0.300. The first-order chi connectivity index (χ1) is 18.6. The van der Waals surface area contributed by atoms with Crippen molar-refractivity contribution < 1.29 is 48.3 Å². The lowest BCUT2D eigenvalue weighted by molar-refractivity contribution is -0.132. The monoisotopic (exact) mass is 560 g/mol. The van der Waals surface area contributed by atoms with Gasteiger partial charge in [-0.15, -0.1) is 0 Å². The molecular weight excluding hydrogens is 524 g/mol. The predicted octanol–water partition coefficient (Wildman–Crippen LogP) is 3.22. The minimum atomic E-state index is -1.43. The van der Waals surface area contributed by atoms with Crippen molar-refractivity contribution in [2.45, 2.75) is 47.1 Å². The van der Waals surface area contributed by atoms with Gasteiger partial charge in [-0.3, -0.25) is 19.2 Å². The maximum atomic E-state index is 11.1. The molecule has 0 aliphatic heterocycles. The number of ether oxygens (including phenoxy) is 4. The van der Waals surface area contributed by atoms with Gasteiger partial charge in [-0.1, -0.05) is 6.58 Å². The summed E-state index contributed by atoms with van der Waals surface area (Å²) >= 11 is 0. The third kappa shape index (κ3) is 13.4. The second-order valence-corrected chi connectivity index (χ2v) is 9.06. The molecule has 0 radical (unpaired) electrons. The van der Waals surface area contributed by atoms with Crippen molar-refractivity contribution in [1.82, 2.24) is 0 Å². The minimum Gasteiger partial charge on any atom is -0.488 e. The lowest BCUT2D eigenvalue weighted by atomic mass is 10.1. The van der Waals surface area contributed by atoms with E-state index in [4.69, 9.17) is 24.1 Å². The zero-order valence-corrected chi connectivity index (χ0v) is 23.5. The Morgan fingerprint density at radius 2 is 1.23 bits per heavy atom. The fourth-order valence-electron chi connectivity index (χ4n) is 2.77. The average molecular weight is 561 g/mol. The molecule has 4 N–H and O–H groups in total. The van der Waals surface area contributed by atoms with E-state index in [1.807, 2.05) is 6.92 Å². The number of rotatable bonds is 11. The molecule has 0 spiro atoms. The summed E-state index contributed by atoms with van der Waals surface area (Å²) in [6, 6.07) is 9.19. The van der Waals surface area contributed by atoms with Gasteiger partial charge in [-0.2, -0.15) is 0 Å². The van der Waals surface area contributed by atoms with E-state index < -0.39 is 24.1 Å². The largest absolute Gasteiger partial charge is 0.488 e. The van der Waals surface area contributed by atoms with Crippen LogP contribution in [0.4, 0.5) is 11.4 Å². The van der Waals surface area contributed by atoms with Crippen LogP contribution in [0.3, 0.4) is 0 Å². The van der Waals surface area contributed by atoms with Gasteiger partial charge in [0.2, 0.25) is 11.8 Å². The van der Waals surface area contributed by atoms with Gasteiger partial charge in [0.15, 0.2) is 0 Å². The molecule has 2 rings (SSSR count). The molecule has 0 aliphatic rings. The Morgan fingerprint density at radius 1 is 0.800 bits per heavy atom. The topological polar surface area (TPSA) is 170 Å². The van der Waals surface area contributed by atoms with Gasteiger partial charge in [0.1, 0.15) is 41.8 Å². The van der Waals surface area contributed by atoms with Crippen LogP contribution in [0, 0.1) is 0 Å². The molecule has 0 heterocycles. The van der Waals surface area contributed by atoms with Gasteiger partial charge < -0.3 is 39.8 Å². The highest BCUT2D eigenvalue weighted by Gasteiger charge is 2.21. The number of hydrogen-bond donors (Lipinski definition) is 4. The van der Waals surface area contributed by atoms with Crippen LogP contribution >= 0.6 is 0 Å². The summed E-state index contributed by atoms with van der Waals surface area (Å²) in [5.74, 6) is -0.161. The molecule has 2 aromatic rings. The quantitative estimate of drug-likeness (QED) is 0.182. The van der Waals surface area contributed by atoms with Gasteiger partial charge in [0, 0.05) is 39.8 Å². The number of benzene rings is 2. The molecular formula is C28H36N2O10. The van der Waals surface area contributed by atoms with Crippen molar-refractivity contribution in [1.29, 1.82) is 0 Å². The van der Waals surface area contributed by atoms with Crippen molar-refractivity contribution in [3.8, 4) is 23.0 Å². The Morgan fingerprint density at radius 3 is 1.57 bits per heavy atom. The molecule has 0 aliphatic carbocycles. The Labute approximate surface area is 232 Å². The Bertz CT molecular complexity index is 1220. The van der Waals surface area contributed by atoms with Crippen molar-refractivity contribution in [2.75, 3.05) is 30.5 Å². The lowest BCUT2D eigenvalue weighted by Gasteiger charge is -2.22. The van der Waals surface area contributed by atoms with Crippen molar-refractivity contribution >= 4 is 35.1 Å². The molecule has 1 unspecified atom stereocenters.